The predicted molar refractivity (Wildman–Crippen MR) is 83.1 cm³/mol. The molecule has 0 aliphatic heterocycles. The molecule has 1 aliphatic rings. The van der Waals surface area contributed by atoms with Crippen LogP contribution in [0.15, 0.2) is 21.2 Å². The zero-order chi connectivity index (χ0) is 13.8. The van der Waals surface area contributed by atoms with E-state index < -0.39 is 0 Å². The van der Waals surface area contributed by atoms with Crippen molar-refractivity contribution in [3.8, 4) is 0 Å². The summed E-state index contributed by atoms with van der Waals surface area (Å²) in [5, 5.41) is 3.69. The zero-order valence-electron chi connectivity index (χ0n) is 12.3. The second-order valence-corrected chi connectivity index (χ2v) is 6.88. The molecule has 108 valence electrons. The fourth-order valence-corrected chi connectivity index (χ4v) is 3.51. The quantitative estimate of drug-likeness (QED) is 0.808. The minimum atomic E-state index is 0.376. The molecule has 19 heavy (non-hydrogen) atoms. The number of rotatable bonds is 5. The third kappa shape index (κ3) is 3.85. The van der Waals surface area contributed by atoms with Crippen LogP contribution in [0, 0.1) is 17.8 Å². The Balaban J connectivity index is 2.09. The van der Waals surface area contributed by atoms with E-state index in [2.05, 4.69) is 48.1 Å². The first-order valence-electron chi connectivity index (χ1n) is 7.60. The van der Waals surface area contributed by atoms with E-state index in [1.165, 1.54) is 19.3 Å². The summed E-state index contributed by atoms with van der Waals surface area (Å²) < 4.78 is 6.65. The molecule has 2 nitrogen and oxygen atoms in total. The van der Waals surface area contributed by atoms with Crippen LogP contribution < -0.4 is 5.32 Å². The van der Waals surface area contributed by atoms with Gasteiger partial charge in [0.1, 0.15) is 5.76 Å². The zero-order valence-corrected chi connectivity index (χ0v) is 13.9. The fourth-order valence-electron chi connectivity index (χ4n) is 3.19. The first-order chi connectivity index (χ1) is 9.11. The topological polar surface area (TPSA) is 25.2 Å². The maximum atomic E-state index is 5.81. The van der Waals surface area contributed by atoms with Crippen molar-refractivity contribution >= 4 is 15.9 Å². The molecular formula is C16H26BrNO. The Hall–Kier alpha value is -0.280. The number of furan rings is 1. The summed E-state index contributed by atoms with van der Waals surface area (Å²) in [6.45, 7) is 8.06. The van der Waals surface area contributed by atoms with Gasteiger partial charge in [-0.3, -0.25) is 0 Å². The lowest BCUT2D eigenvalue weighted by molar-refractivity contribution is 0.159. The molecule has 4 unspecified atom stereocenters. The highest BCUT2D eigenvalue weighted by Crippen LogP contribution is 2.40. The number of halogens is 1. The summed E-state index contributed by atoms with van der Waals surface area (Å²) in [7, 11) is 0. The molecule has 0 bridgehead atoms. The molecule has 1 aromatic rings. The van der Waals surface area contributed by atoms with Gasteiger partial charge in [-0.15, -0.1) is 0 Å². The van der Waals surface area contributed by atoms with Gasteiger partial charge in [-0.1, -0.05) is 27.2 Å². The van der Waals surface area contributed by atoms with Crippen LogP contribution in [0.1, 0.15) is 58.3 Å². The van der Waals surface area contributed by atoms with Gasteiger partial charge >= 0.3 is 0 Å². The summed E-state index contributed by atoms with van der Waals surface area (Å²) in [4.78, 5) is 0. The van der Waals surface area contributed by atoms with Crippen LogP contribution in [-0.4, -0.2) is 6.54 Å². The van der Waals surface area contributed by atoms with Crippen molar-refractivity contribution < 1.29 is 4.42 Å². The van der Waals surface area contributed by atoms with Gasteiger partial charge in [-0.05, 0) is 71.6 Å². The maximum absolute atomic E-state index is 5.81. The summed E-state index contributed by atoms with van der Waals surface area (Å²) in [6.07, 6.45) is 5.13. The second kappa shape index (κ2) is 6.94. The van der Waals surface area contributed by atoms with Crippen molar-refractivity contribution in [1.29, 1.82) is 0 Å². The van der Waals surface area contributed by atoms with Crippen LogP contribution in [0.4, 0.5) is 0 Å². The van der Waals surface area contributed by atoms with Gasteiger partial charge in [-0.2, -0.15) is 0 Å². The van der Waals surface area contributed by atoms with E-state index in [-0.39, 0.29) is 0 Å². The highest BCUT2D eigenvalue weighted by Gasteiger charge is 2.32. The highest BCUT2D eigenvalue weighted by molar-refractivity contribution is 9.10. The van der Waals surface area contributed by atoms with Gasteiger partial charge in [0, 0.05) is 0 Å². The Morgan fingerprint density at radius 3 is 2.68 bits per heavy atom. The first kappa shape index (κ1) is 15.1. The standard InChI is InChI=1S/C16H26BrNO/c1-4-9-18-16(14-7-8-15(17)19-14)13-6-5-11(2)12(3)10-13/h7-8,11-13,16,18H,4-6,9-10H2,1-3H3. The SMILES string of the molecule is CCCNC(c1ccc(Br)o1)C1CCC(C)C(C)C1. The minimum Gasteiger partial charge on any atom is -0.453 e. The lowest BCUT2D eigenvalue weighted by Gasteiger charge is -2.36. The van der Waals surface area contributed by atoms with Crippen LogP contribution in [0.2, 0.25) is 0 Å². The molecule has 1 N–H and O–H groups in total. The number of hydrogen-bond acceptors (Lipinski definition) is 2. The fraction of sp³-hybridized carbons (Fsp3) is 0.750. The van der Waals surface area contributed by atoms with Gasteiger partial charge in [-0.25, -0.2) is 0 Å². The molecule has 0 saturated heterocycles. The van der Waals surface area contributed by atoms with Gasteiger partial charge in [0.2, 0.25) is 0 Å². The third-order valence-electron chi connectivity index (χ3n) is 4.62. The van der Waals surface area contributed by atoms with E-state index in [0.29, 0.717) is 12.0 Å². The molecule has 3 heteroatoms. The van der Waals surface area contributed by atoms with Crippen LogP contribution in [0.3, 0.4) is 0 Å². The molecule has 4 atom stereocenters. The lowest BCUT2D eigenvalue weighted by atomic mass is 9.73. The van der Waals surface area contributed by atoms with Crippen LogP contribution in [-0.2, 0) is 0 Å². The van der Waals surface area contributed by atoms with E-state index in [1.54, 1.807) is 0 Å². The molecule has 1 aliphatic carbocycles. The van der Waals surface area contributed by atoms with E-state index in [0.717, 1.165) is 35.2 Å². The Morgan fingerprint density at radius 1 is 1.32 bits per heavy atom. The molecule has 0 spiro atoms. The van der Waals surface area contributed by atoms with E-state index in [9.17, 15) is 0 Å². The van der Waals surface area contributed by atoms with Crippen LogP contribution in [0.25, 0.3) is 0 Å². The first-order valence-corrected chi connectivity index (χ1v) is 8.39. The average Bonchev–Trinajstić information content (AvgIpc) is 2.80. The highest BCUT2D eigenvalue weighted by atomic mass is 79.9. The predicted octanol–water partition coefficient (Wildman–Crippen LogP) is 5.16. The molecule has 1 heterocycles. The van der Waals surface area contributed by atoms with Crippen LogP contribution >= 0.6 is 15.9 Å². The molecule has 2 rings (SSSR count). The monoisotopic (exact) mass is 327 g/mol. The molecule has 0 aromatic carbocycles. The van der Waals surface area contributed by atoms with Crippen LogP contribution in [0.5, 0.6) is 0 Å². The molecule has 0 amide bonds. The van der Waals surface area contributed by atoms with E-state index >= 15 is 0 Å². The molecule has 0 radical (unpaired) electrons. The molecule has 1 saturated carbocycles. The largest absolute Gasteiger partial charge is 0.453 e. The summed E-state index contributed by atoms with van der Waals surface area (Å²) in [5.74, 6) is 3.48. The minimum absolute atomic E-state index is 0.376. The van der Waals surface area contributed by atoms with Gasteiger partial charge < -0.3 is 9.73 Å². The summed E-state index contributed by atoms with van der Waals surface area (Å²) >= 11 is 3.42. The van der Waals surface area contributed by atoms with Gasteiger partial charge in [0.15, 0.2) is 4.67 Å². The Morgan fingerprint density at radius 2 is 2.11 bits per heavy atom. The maximum Gasteiger partial charge on any atom is 0.169 e. The van der Waals surface area contributed by atoms with Crippen molar-refractivity contribution in [2.45, 2.75) is 52.5 Å². The molecule has 1 aromatic heterocycles. The van der Waals surface area contributed by atoms with Crippen molar-refractivity contribution in [1.82, 2.24) is 5.32 Å². The van der Waals surface area contributed by atoms with Crippen molar-refractivity contribution in [2.24, 2.45) is 17.8 Å². The average molecular weight is 328 g/mol. The Labute approximate surface area is 125 Å². The van der Waals surface area contributed by atoms with Crippen molar-refractivity contribution in [2.75, 3.05) is 6.54 Å². The van der Waals surface area contributed by atoms with E-state index in [4.69, 9.17) is 4.42 Å². The summed E-state index contributed by atoms with van der Waals surface area (Å²) in [6, 6.07) is 4.49. The van der Waals surface area contributed by atoms with Crippen molar-refractivity contribution in [3.05, 3.63) is 22.6 Å². The number of nitrogens with one attached hydrogen (secondary N) is 1. The molecular weight excluding hydrogens is 302 g/mol. The van der Waals surface area contributed by atoms with Crippen molar-refractivity contribution in [3.63, 3.8) is 0 Å². The molecule has 1 fully saturated rings. The summed E-state index contributed by atoms with van der Waals surface area (Å²) in [5.41, 5.74) is 0. The normalized spacial score (nSPS) is 29.4. The van der Waals surface area contributed by atoms with Gasteiger partial charge in [0.05, 0.1) is 6.04 Å². The Bertz CT molecular complexity index is 390. The second-order valence-electron chi connectivity index (χ2n) is 6.10. The number of hydrogen-bond donors (Lipinski definition) is 1. The third-order valence-corrected chi connectivity index (χ3v) is 5.05. The lowest BCUT2D eigenvalue weighted by Crippen LogP contribution is -2.33. The smallest absolute Gasteiger partial charge is 0.169 e. The van der Waals surface area contributed by atoms with Gasteiger partial charge in [0.25, 0.3) is 0 Å². The Kier molecular flexibility index (Phi) is 5.52. The van der Waals surface area contributed by atoms with E-state index in [1.807, 2.05) is 6.07 Å².